The number of nitro groups is 1. The minimum absolute atomic E-state index is 0.00689. The van der Waals surface area contributed by atoms with Gasteiger partial charge in [0.05, 0.1) is 23.3 Å². The van der Waals surface area contributed by atoms with Gasteiger partial charge in [0.1, 0.15) is 17.4 Å². The molecule has 2 rings (SSSR count). The molecule has 0 saturated carbocycles. The molecule has 2 aromatic rings. The van der Waals surface area contributed by atoms with Crippen LogP contribution in [-0.4, -0.2) is 30.0 Å². The van der Waals surface area contributed by atoms with E-state index in [0.717, 1.165) is 18.2 Å². The summed E-state index contributed by atoms with van der Waals surface area (Å²) in [5.74, 6) is -3.84. The van der Waals surface area contributed by atoms with Gasteiger partial charge in [0.25, 0.3) is 11.6 Å². The summed E-state index contributed by atoms with van der Waals surface area (Å²) in [6.45, 7) is 1.22. The van der Waals surface area contributed by atoms with Gasteiger partial charge in [-0.2, -0.15) is 0 Å². The van der Waals surface area contributed by atoms with E-state index < -0.39 is 40.1 Å². The molecule has 0 aliphatic carbocycles. The number of carbonyl (C=O) groups is 2. The molecule has 0 bridgehead atoms. The van der Waals surface area contributed by atoms with Gasteiger partial charge in [0.2, 0.25) is 0 Å². The van der Waals surface area contributed by atoms with Gasteiger partial charge in [-0.25, -0.2) is 13.6 Å². The smallest absolute Gasteiger partial charge is 0.341 e. The van der Waals surface area contributed by atoms with Crippen LogP contribution in [0, 0.1) is 21.7 Å². The van der Waals surface area contributed by atoms with Gasteiger partial charge in [-0.15, -0.1) is 0 Å². The normalized spacial score (nSPS) is 11.4. The molecule has 0 radical (unpaired) electrons. The van der Waals surface area contributed by atoms with Crippen molar-refractivity contribution in [1.82, 2.24) is 0 Å². The number of methoxy groups -OCH3 is 1. The summed E-state index contributed by atoms with van der Waals surface area (Å²) in [7, 11) is 1.30. The van der Waals surface area contributed by atoms with Crippen molar-refractivity contribution in [2.45, 2.75) is 13.0 Å². The molecule has 2 aromatic carbocycles. The molecule has 10 heteroatoms. The van der Waals surface area contributed by atoms with Crippen molar-refractivity contribution in [2.75, 3.05) is 12.4 Å². The van der Waals surface area contributed by atoms with E-state index in [9.17, 15) is 28.5 Å². The Labute approximate surface area is 151 Å². The molecule has 142 valence electrons. The monoisotopic (exact) mass is 380 g/mol. The predicted octanol–water partition coefficient (Wildman–Crippen LogP) is 3.07. The Morgan fingerprint density at radius 3 is 2.48 bits per heavy atom. The quantitative estimate of drug-likeness (QED) is 0.469. The van der Waals surface area contributed by atoms with Crippen LogP contribution in [0.2, 0.25) is 0 Å². The van der Waals surface area contributed by atoms with Gasteiger partial charge in [0.15, 0.2) is 6.10 Å². The Morgan fingerprint density at radius 2 is 1.89 bits per heavy atom. The van der Waals surface area contributed by atoms with Crippen molar-refractivity contribution in [1.29, 1.82) is 0 Å². The Hall–Kier alpha value is -3.56. The molecule has 1 N–H and O–H groups in total. The number of rotatable bonds is 6. The topological polar surface area (TPSA) is 108 Å². The van der Waals surface area contributed by atoms with Gasteiger partial charge in [-0.05, 0) is 25.1 Å². The number of hydrogen-bond acceptors (Lipinski definition) is 6. The van der Waals surface area contributed by atoms with Gasteiger partial charge in [0, 0.05) is 18.2 Å². The van der Waals surface area contributed by atoms with Crippen molar-refractivity contribution in [3.05, 3.63) is 63.7 Å². The van der Waals surface area contributed by atoms with Crippen molar-refractivity contribution in [3.63, 3.8) is 0 Å². The Morgan fingerprint density at radius 1 is 1.19 bits per heavy atom. The largest absolute Gasteiger partial charge is 0.495 e. The number of nitrogens with zero attached hydrogens (tertiary/aromatic N) is 1. The summed E-state index contributed by atoms with van der Waals surface area (Å²) in [6.07, 6.45) is -1.37. The SMILES string of the molecule is COc1ccc([N+](=O)[O-])cc1NC(=O)[C@H](C)OC(=O)c1ccc(F)cc1F. The lowest BCUT2D eigenvalue weighted by Gasteiger charge is -2.15. The highest BCUT2D eigenvalue weighted by atomic mass is 19.1. The number of halogens is 2. The Bertz CT molecular complexity index is 903. The second kappa shape index (κ2) is 8.21. The number of nitrogens with one attached hydrogen (secondary N) is 1. The van der Waals surface area contributed by atoms with Crippen LogP contribution < -0.4 is 10.1 Å². The maximum absolute atomic E-state index is 13.6. The lowest BCUT2D eigenvalue weighted by molar-refractivity contribution is -0.384. The zero-order chi connectivity index (χ0) is 20.1. The highest BCUT2D eigenvalue weighted by molar-refractivity contribution is 5.98. The van der Waals surface area contributed by atoms with Crippen LogP contribution in [0.5, 0.6) is 5.75 Å². The standard InChI is InChI=1S/C17H14F2N2O6/c1-9(27-17(23)12-5-3-10(18)7-13(12)19)16(22)20-14-8-11(21(24)25)4-6-15(14)26-2/h3-9H,1-2H3,(H,20,22)/t9-/m0/s1. The summed E-state index contributed by atoms with van der Waals surface area (Å²) < 4.78 is 36.3. The lowest BCUT2D eigenvalue weighted by atomic mass is 10.2. The van der Waals surface area contributed by atoms with Crippen molar-refractivity contribution in [2.24, 2.45) is 0 Å². The summed E-state index contributed by atoms with van der Waals surface area (Å²) in [4.78, 5) is 34.3. The first-order valence-electron chi connectivity index (χ1n) is 7.52. The summed E-state index contributed by atoms with van der Waals surface area (Å²) >= 11 is 0. The van der Waals surface area contributed by atoms with Gasteiger partial charge < -0.3 is 14.8 Å². The molecule has 0 saturated heterocycles. The molecule has 1 amide bonds. The number of hydrogen-bond donors (Lipinski definition) is 1. The summed E-state index contributed by atoms with van der Waals surface area (Å²) in [5.41, 5.74) is -0.833. The number of ether oxygens (including phenoxy) is 2. The van der Waals surface area contributed by atoms with E-state index in [0.29, 0.717) is 6.07 Å². The third kappa shape index (κ3) is 4.75. The number of benzene rings is 2. The number of amides is 1. The van der Waals surface area contributed by atoms with Crippen molar-refractivity contribution >= 4 is 23.3 Å². The summed E-state index contributed by atoms with van der Waals surface area (Å²) in [5, 5.41) is 13.2. The van der Waals surface area contributed by atoms with Gasteiger partial charge in [-0.1, -0.05) is 0 Å². The average Bonchev–Trinajstić information content (AvgIpc) is 2.61. The Balaban J connectivity index is 2.12. The minimum Gasteiger partial charge on any atom is -0.495 e. The Kier molecular flexibility index (Phi) is 6.01. The molecule has 1 atom stereocenters. The maximum atomic E-state index is 13.6. The fourth-order valence-corrected chi connectivity index (χ4v) is 2.07. The second-order valence-corrected chi connectivity index (χ2v) is 5.30. The van der Waals surface area contributed by atoms with Crippen molar-refractivity contribution in [3.8, 4) is 5.75 Å². The van der Waals surface area contributed by atoms with E-state index >= 15 is 0 Å². The highest BCUT2D eigenvalue weighted by Crippen LogP contribution is 2.29. The number of nitro benzene ring substituents is 1. The van der Waals surface area contributed by atoms with Crippen LogP contribution in [-0.2, 0) is 9.53 Å². The molecule has 27 heavy (non-hydrogen) atoms. The van der Waals surface area contributed by atoms with Crippen molar-refractivity contribution < 1.29 is 32.8 Å². The molecule has 0 aliphatic heterocycles. The third-order valence-electron chi connectivity index (χ3n) is 3.46. The van der Waals surface area contributed by atoms with E-state index in [2.05, 4.69) is 5.32 Å². The fourth-order valence-electron chi connectivity index (χ4n) is 2.07. The van der Waals surface area contributed by atoms with E-state index in [1.54, 1.807) is 0 Å². The molecular formula is C17H14F2N2O6. The van der Waals surface area contributed by atoms with E-state index in [4.69, 9.17) is 9.47 Å². The zero-order valence-corrected chi connectivity index (χ0v) is 14.2. The number of carbonyl (C=O) groups excluding carboxylic acids is 2. The zero-order valence-electron chi connectivity index (χ0n) is 14.2. The van der Waals surface area contributed by atoms with Crippen LogP contribution in [0.25, 0.3) is 0 Å². The first-order valence-corrected chi connectivity index (χ1v) is 7.52. The van der Waals surface area contributed by atoms with Crippen LogP contribution in [0.1, 0.15) is 17.3 Å². The minimum atomic E-state index is -1.37. The lowest BCUT2D eigenvalue weighted by Crippen LogP contribution is -2.30. The molecule has 0 heterocycles. The van der Waals surface area contributed by atoms with Crippen LogP contribution in [0.15, 0.2) is 36.4 Å². The predicted molar refractivity (Wildman–Crippen MR) is 89.5 cm³/mol. The molecule has 0 aromatic heterocycles. The number of non-ortho nitro benzene ring substituents is 1. The molecule has 0 unspecified atom stereocenters. The summed E-state index contributed by atoms with van der Waals surface area (Å²) in [6, 6.07) is 5.83. The molecular weight excluding hydrogens is 366 g/mol. The third-order valence-corrected chi connectivity index (χ3v) is 3.46. The fraction of sp³-hybridized carbons (Fsp3) is 0.176. The molecule has 8 nitrogen and oxygen atoms in total. The second-order valence-electron chi connectivity index (χ2n) is 5.30. The number of esters is 1. The average molecular weight is 380 g/mol. The van der Waals surface area contributed by atoms with Crippen LogP contribution >= 0.6 is 0 Å². The van der Waals surface area contributed by atoms with Crippen LogP contribution in [0.3, 0.4) is 0 Å². The van der Waals surface area contributed by atoms with Gasteiger partial charge in [-0.3, -0.25) is 14.9 Å². The first-order chi connectivity index (χ1) is 12.7. The number of anilines is 1. The maximum Gasteiger partial charge on any atom is 0.341 e. The van der Waals surface area contributed by atoms with E-state index in [1.807, 2.05) is 0 Å². The van der Waals surface area contributed by atoms with Gasteiger partial charge >= 0.3 is 5.97 Å². The molecule has 0 aliphatic rings. The van der Waals surface area contributed by atoms with E-state index in [-0.39, 0.29) is 17.1 Å². The molecule has 0 spiro atoms. The first kappa shape index (κ1) is 19.8. The highest BCUT2D eigenvalue weighted by Gasteiger charge is 2.23. The van der Waals surface area contributed by atoms with Crippen LogP contribution in [0.4, 0.5) is 20.2 Å². The molecule has 0 fully saturated rings. The van der Waals surface area contributed by atoms with E-state index in [1.165, 1.54) is 26.2 Å².